The molecule has 0 unspecified atom stereocenters. The van der Waals surface area contributed by atoms with Crippen molar-refractivity contribution in [3.05, 3.63) is 17.2 Å². The van der Waals surface area contributed by atoms with E-state index in [9.17, 15) is 0 Å². The van der Waals surface area contributed by atoms with Crippen LogP contribution in [0.15, 0.2) is 12.1 Å². The summed E-state index contributed by atoms with van der Waals surface area (Å²) in [5.74, 6) is 2.06. The topological polar surface area (TPSA) is 82.4 Å². The Morgan fingerprint density at radius 3 is 2.85 bits per heavy atom. The SMILES string of the molecule is COc1c(Cl)cc2c(c1-c1cc(N)n[nH]1)OCCCO2. The van der Waals surface area contributed by atoms with Gasteiger partial charge < -0.3 is 19.9 Å². The molecule has 1 aliphatic rings. The molecule has 0 aliphatic carbocycles. The average Bonchev–Trinajstić information content (AvgIpc) is 2.72. The molecule has 0 atom stereocenters. The maximum atomic E-state index is 6.25. The van der Waals surface area contributed by atoms with E-state index in [1.54, 1.807) is 19.2 Å². The lowest BCUT2D eigenvalue weighted by molar-refractivity contribution is 0.297. The lowest BCUT2D eigenvalue weighted by atomic mass is 10.1. The predicted molar refractivity (Wildman–Crippen MR) is 75.6 cm³/mol. The molecular formula is C13H14ClN3O3. The number of benzene rings is 1. The van der Waals surface area contributed by atoms with E-state index in [0.717, 1.165) is 6.42 Å². The van der Waals surface area contributed by atoms with Crippen molar-refractivity contribution in [3.8, 4) is 28.5 Å². The van der Waals surface area contributed by atoms with Gasteiger partial charge in [-0.2, -0.15) is 5.10 Å². The Morgan fingerprint density at radius 1 is 1.35 bits per heavy atom. The highest BCUT2D eigenvalue weighted by atomic mass is 35.5. The van der Waals surface area contributed by atoms with Crippen molar-refractivity contribution in [1.29, 1.82) is 0 Å². The first kappa shape index (κ1) is 12.9. The largest absolute Gasteiger partial charge is 0.494 e. The molecule has 106 valence electrons. The highest BCUT2D eigenvalue weighted by molar-refractivity contribution is 6.33. The fourth-order valence-corrected chi connectivity index (χ4v) is 2.44. The van der Waals surface area contributed by atoms with Crippen molar-refractivity contribution in [2.45, 2.75) is 6.42 Å². The number of ether oxygens (including phenoxy) is 3. The van der Waals surface area contributed by atoms with Crippen molar-refractivity contribution in [3.63, 3.8) is 0 Å². The molecule has 2 heterocycles. The van der Waals surface area contributed by atoms with Gasteiger partial charge in [0.25, 0.3) is 0 Å². The third-order valence-corrected chi connectivity index (χ3v) is 3.30. The Labute approximate surface area is 120 Å². The van der Waals surface area contributed by atoms with Gasteiger partial charge in [-0.25, -0.2) is 0 Å². The van der Waals surface area contributed by atoms with Crippen LogP contribution in [0.5, 0.6) is 17.2 Å². The number of nitrogen functional groups attached to an aromatic ring is 1. The first-order chi connectivity index (χ1) is 9.70. The van der Waals surface area contributed by atoms with Crippen molar-refractivity contribution >= 4 is 17.4 Å². The molecule has 0 saturated carbocycles. The number of hydrogen-bond donors (Lipinski definition) is 2. The predicted octanol–water partition coefficient (Wildman–Crippen LogP) is 2.48. The summed E-state index contributed by atoms with van der Waals surface area (Å²) in [4.78, 5) is 0. The van der Waals surface area contributed by atoms with Gasteiger partial charge in [-0.05, 0) is 0 Å². The van der Waals surface area contributed by atoms with Crippen molar-refractivity contribution in [1.82, 2.24) is 10.2 Å². The monoisotopic (exact) mass is 295 g/mol. The second-order valence-electron chi connectivity index (χ2n) is 4.35. The molecule has 0 radical (unpaired) electrons. The highest BCUT2D eigenvalue weighted by Crippen LogP contribution is 2.49. The standard InChI is InChI=1S/C13H14ClN3O3/c1-18-12-7(14)5-9-13(20-4-2-3-19-9)11(12)8-6-10(15)17-16-8/h5-6H,2-4H2,1H3,(H3,15,16,17). The van der Waals surface area contributed by atoms with Crippen LogP contribution >= 0.6 is 11.6 Å². The zero-order valence-corrected chi connectivity index (χ0v) is 11.7. The summed E-state index contributed by atoms with van der Waals surface area (Å²) < 4.78 is 16.8. The van der Waals surface area contributed by atoms with E-state index >= 15 is 0 Å². The van der Waals surface area contributed by atoms with E-state index in [4.69, 9.17) is 31.5 Å². The summed E-state index contributed by atoms with van der Waals surface area (Å²) in [7, 11) is 1.55. The van der Waals surface area contributed by atoms with Crippen LogP contribution in [0.3, 0.4) is 0 Å². The van der Waals surface area contributed by atoms with Gasteiger partial charge in [0.1, 0.15) is 5.82 Å². The Morgan fingerprint density at radius 2 is 2.15 bits per heavy atom. The van der Waals surface area contributed by atoms with E-state index in [-0.39, 0.29) is 0 Å². The summed E-state index contributed by atoms with van der Waals surface area (Å²) in [5.41, 5.74) is 7.00. The maximum absolute atomic E-state index is 6.25. The number of halogens is 1. The second-order valence-corrected chi connectivity index (χ2v) is 4.76. The van der Waals surface area contributed by atoms with Crippen molar-refractivity contribution in [2.24, 2.45) is 0 Å². The molecule has 2 aromatic rings. The third-order valence-electron chi connectivity index (χ3n) is 3.02. The van der Waals surface area contributed by atoms with E-state index in [0.29, 0.717) is 52.6 Å². The minimum atomic E-state index is 0.380. The minimum Gasteiger partial charge on any atom is -0.494 e. The number of fused-ring (bicyclic) bond motifs is 1. The number of methoxy groups -OCH3 is 1. The van der Waals surface area contributed by atoms with Gasteiger partial charge in [0.15, 0.2) is 17.2 Å². The van der Waals surface area contributed by atoms with Crippen LogP contribution in [0, 0.1) is 0 Å². The molecule has 7 heteroatoms. The first-order valence-electron chi connectivity index (χ1n) is 6.18. The fourth-order valence-electron chi connectivity index (χ4n) is 2.17. The normalized spacial score (nSPS) is 13.9. The maximum Gasteiger partial charge on any atom is 0.174 e. The number of aromatic amines is 1. The number of nitrogens with zero attached hydrogens (tertiary/aromatic N) is 1. The summed E-state index contributed by atoms with van der Waals surface area (Å²) in [6.07, 6.45) is 0.805. The molecule has 0 spiro atoms. The van der Waals surface area contributed by atoms with E-state index < -0.39 is 0 Å². The van der Waals surface area contributed by atoms with E-state index in [2.05, 4.69) is 10.2 Å². The van der Waals surface area contributed by atoms with Gasteiger partial charge in [-0.1, -0.05) is 11.6 Å². The number of H-pyrrole nitrogens is 1. The van der Waals surface area contributed by atoms with Gasteiger partial charge in [0.2, 0.25) is 0 Å². The van der Waals surface area contributed by atoms with Crippen LogP contribution in [0.25, 0.3) is 11.3 Å². The Bertz CT molecular complexity index is 642. The molecule has 6 nitrogen and oxygen atoms in total. The molecule has 0 fully saturated rings. The van der Waals surface area contributed by atoms with E-state index in [1.165, 1.54) is 0 Å². The van der Waals surface area contributed by atoms with Gasteiger partial charge in [0.05, 0.1) is 36.6 Å². The zero-order valence-electron chi connectivity index (χ0n) is 10.9. The lowest BCUT2D eigenvalue weighted by Gasteiger charge is -2.16. The van der Waals surface area contributed by atoms with Crippen LogP contribution < -0.4 is 19.9 Å². The molecule has 0 saturated heterocycles. The quantitative estimate of drug-likeness (QED) is 0.889. The molecule has 1 aliphatic heterocycles. The second kappa shape index (κ2) is 5.13. The van der Waals surface area contributed by atoms with Gasteiger partial charge in [0, 0.05) is 18.6 Å². The molecule has 3 rings (SSSR count). The molecule has 20 heavy (non-hydrogen) atoms. The van der Waals surface area contributed by atoms with E-state index in [1.807, 2.05) is 0 Å². The third kappa shape index (κ3) is 2.12. The Balaban J connectivity index is 2.26. The van der Waals surface area contributed by atoms with Crippen LogP contribution in [0.1, 0.15) is 6.42 Å². The number of rotatable bonds is 2. The smallest absolute Gasteiger partial charge is 0.174 e. The number of nitrogens with two attached hydrogens (primary N) is 1. The van der Waals surface area contributed by atoms with Gasteiger partial charge >= 0.3 is 0 Å². The molecule has 0 bridgehead atoms. The van der Waals surface area contributed by atoms with Gasteiger partial charge in [-0.3, -0.25) is 5.10 Å². The minimum absolute atomic E-state index is 0.380. The first-order valence-corrected chi connectivity index (χ1v) is 6.56. The number of nitrogens with one attached hydrogen (secondary N) is 1. The summed E-state index contributed by atoms with van der Waals surface area (Å²) in [6.45, 7) is 1.15. The average molecular weight is 296 g/mol. The fraction of sp³-hybridized carbons (Fsp3) is 0.308. The number of hydrogen-bond acceptors (Lipinski definition) is 5. The van der Waals surface area contributed by atoms with Crippen LogP contribution in [-0.4, -0.2) is 30.5 Å². The Hall–Kier alpha value is -2.08. The van der Waals surface area contributed by atoms with Crippen LogP contribution in [-0.2, 0) is 0 Å². The molecule has 1 aromatic heterocycles. The molecular weight excluding hydrogens is 282 g/mol. The summed E-state index contributed by atoms with van der Waals surface area (Å²) in [5, 5.41) is 7.22. The molecule has 3 N–H and O–H groups in total. The number of aromatic nitrogens is 2. The highest BCUT2D eigenvalue weighted by Gasteiger charge is 2.24. The van der Waals surface area contributed by atoms with Crippen LogP contribution in [0.4, 0.5) is 5.82 Å². The summed E-state index contributed by atoms with van der Waals surface area (Å²) in [6, 6.07) is 3.40. The zero-order chi connectivity index (χ0) is 14.1. The number of anilines is 1. The van der Waals surface area contributed by atoms with Crippen molar-refractivity contribution < 1.29 is 14.2 Å². The van der Waals surface area contributed by atoms with Crippen molar-refractivity contribution in [2.75, 3.05) is 26.1 Å². The van der Waals surface area contributed by atoms with Crippen LogP contribution in [0.2, 0.25) is 5.02 Å². The summed E-state index contributed by atoms with van der Waals surface area (Å²) >= 11 is 6.25. The molecule has 1 aromatic carbocycles. The van der Waals surface area contributed by atoms with Gasteiger partial charge in [-0.15, -0.1) is 0 Å². The molecule has 0 amide bonds. The lowest BCUT2D eigenvalue weighted by Crippen LogP contribution is -1.99. The Kier molecular flexibility index (Phi) is 3.31.